The molecule has 0 N–H and O–H groups in total. The minimum Gasteiger partial charge on any atom is -0.456 e. The molecule has 0 bridgehead atoms. The van der Waals surface area contributed by atoms with E-state index in [1.165, 1.54) is 25.7 Å². The quantitative estimate of drug-likeness (QED) is 0.436. The Hall–Kier alpha value is -1.35. The number of aryl methyl sites for hydroxylation is 1. The van der Waals surface area contributed by atoms with E-state index >= 15 is 0 Å². The van der Waals surface area contributed by atoms with E-state index < -0.39 is 0 Å². The van der Waals surface area contributed by atoms with Crippen molar-refractivity contribution in [3.8, 4) is 0 Å². The van der Waals surface area contributed by atoms with Crippen molar-refractivity contribution in [2.24, 2.45) is 0 Å². The summed E-state index contributed by atoms with van der Waals surface area (Å²) in [5, 5.41) is 0. The van der Waals surface area contributed by atoms with Gasteiger partial charge in [0.2, 0.25) is 0 Å². The van der Waals surface area contributed by atoms with E-state index in [2.05, 4.69) is 13.8 Å². The molecule has 1 aromatic carbocycles. The van der Waals surface area contributed by atoms with Crippen LogP contribution >= 0.6 is 0 Å². The molecule has 0 amide bonds. The zero-order valence-electron chi connectivity index (χ0n) is 14.3. The second kappa shape index (κ2) is 11.2. The average molecular weight is 306 g/mol. The summed E-state index contributed by atoms with van der Waals surface area (Å²) in [5.41, 5.74) is 1.78. The molecule has 124 valence electrons. The third-order valence-corrected chi connectivity index (χ3v) is 3.83. The lowest BCUT2D eigenvalue weighted by Crippen LogP contribution is -2.23. The number of hydrogen-bond acceptors (Lipinski definition) is 3. The van der Waals surface area contributed by atoms with E-state index in [0.717, 1.165) is 24.8 Å². The van der Waals surface area contributed by atoms with Crippen molar-refractivity contribution in [2.45, 2.75) is 64.9 Å². The molecule has 0 saturated heterocycles. The summed E-state index contributed by atoms with van der Waals surface area (Å²) in [4.78, 5) is 12.3. The van der Waals surface area contributed by atoms with Crippen LogP contribution in [0.3, 0.4) is 0 Å². The standard InChI is InChI=1S/C19H30O3/c1-4-6-7-8-9-13-18(15-21-3)22-19(20)17-12-10-11-16(5-2)14-17/h10-12,14,18H,4-9,13,15H2,1-3H3. The summed E-state index contributed by atoms with van der Waals surface area (Å²) in [7, 11) is 1.65. The first-order valence-corrected chi connectivity index (χ1v) is 8.50. The summed E-state index contributed by atoms with van der Waals surface area (Å²) < 4.78 is 10.8. The van der Waals surface area contributed by atoms with Crippen LogP contribution in [0.25, 0.3) is 0 Å². The Labute approximate surface area is 135 Å². The number of unbranched alkanes of at least 4 members (excludes halogenated alkanes) is 4. The number of carbonyl (C=O) groups is 1. The van der Waals surface area contributed by atoms with Crippen molar-refractivity contribution in [2.75, 3.05) is 13.7 Å². The van der Waals surface area contributed by atoms with Crippen molar-refractivity contribution < 1.29 is 14.3 Å². The Kier molecular flexibility index (Phi) is 9.56. The SMILES string of the molecule is CCCCCCCC(COC)OC(=O)c1cccc(CC)c1. The van der Waals surface area contributed by atoms with Crippen molar-refractivity contribution in [3.63, 3.8) is 0 Å². The van der Waals surface area contributed by atoms with Crippen LogP contribution in [0, 0.1) is 0 Å². The molecule has 0 fully saturated rings. The third kappa shape index (κ3) is 7.08. The lowest BCUT2D eigenvalue weighted by Gasteiger charge is -2.17. The lowest BCUT2D eigenvalue weighted by molar-refractivity contribution is 0.00236. The number of rotatable bonds is 11. The second-order valence-corrected chi connectivity index (χ2v) is 5.74. The van der Waals surface area contributed by atoms with Crippen LogP contribution in [0.2, 0.25) is 0 Å². The Bertz CT molecular complexity index is 428. The van der Waals surface area contributed by atoms with Gasteiger partial charge in [-0.05, 0) is 37.0 Å². The minimum absolute atomic E-state index is 0.149. The first kappa shape index (κ1) is 18.7. The maximum Gasteiger partial charge on any atom is 0.338 e. The fourth-order valence-corrected chi connectivity index (χ4v) is 2.48. The molecule has 22 heavy (non-hydrogen) atoms. The smallest absolute Gasteiger partial charge is 0.338 e. The molecule has 1 rings (SSSR count). The van der Waals surface area contributed by atoms with Gasteiger partial charge in [0.15, 0.2) is 0 Å². The number of esters is 1. The zero-order valence-corrected chi connectivity index (χ0v) is 14.3. The van der Waals surface area contributed by atoms with Crippen LogP contribution in [-0.2, 0) is 15.9 Å². The maximum atomic E-state index is 12.3. The molecule has 1 atom stereocenters. The highest BCUT2D eigenvalue weighted by Gasteiger charge is 2.16. The molecule has 0 aliphatic heterocycles. The van der Waals surface area contributed by atoms with E-state index in [9.17, 15) is 4.79 Å². The Morgan fingerprint density at radius 1 is 1.14 bits per heavy atom. The number of hydrogen-bond donors (Lipinski definition) is 0. The molecular weight excluding hydrogens is 276 g/mol. The van der Waals surface area contributed by atoms with Gasteiger partial charge in [0.05, 0.1) is 12.2 Å². The van der Waals surface area contributed by atoms with Crippen molar-refractivity contribution in [1.29, 1.82) is 0 Å². The van der Waals surface area contributed by atoms with E-state index in [1.54, 1.807) is 7.11 Å². The van der Waals surface area contributed by atoms with Crippen LogP contribution in [0.1, 0.15) is 68.3 Å². The summed E-state index contributed by atoms with van der Waals surface area (Å²) in [6.45, 7) is 4.75. The highest BCUT2D eigenvalue weighted by Crippen LogP contribution is 2.13. The van der Waals surface area contributed by atoms with Crippen molar-refractivity contribution in [1.82, 2.24) is 0 Å². The van der Waals surface area contributed by atoms with Crippen LogP contribution in [0.4, 0.5) is 0 Å². The third-order valence-electron chi connectivity index (χ3n) is 3.83. The van der Waals surface area contributed by atoms with Crippen LogP contribution < -0.4 is 0 Å². The molecule has 1 unspecified atom stereocenters. The topological polar surface area (TPSA) is 35.5 Å². The summed E-state index contributed by atoms with van der Waals surface area (Å²) in [5.74, 6) is -0.245. The number of carbonyl (C=O) groups excluding carboxylic acids is 1. The van der Waals surface area contributed by atoms with Gasteiger partial charge in [0, 0.05) is 7.11 Å². The number of benzene rings is 1. The molecule has 3 nitrogen and oxygen atoms in total. The molecule has 3 heteroatoms. The summed E-state index contributed by atoms with van der Waals surface area (Å²) >= 11 is 0. The Morgan fingerprint density at radius 2 is 1.91 bits per heavy atom. The average Bonchev–Trinajstić information content (AvgIpc) is 2.54. The Morgan fingerprint density at radius 3 is 2.59 bits per heavy atom. The molecule has 0 aliphatic carbocycles. The zero-order chi connectivity index (χ0) is 16.2. The van der Waals surface area contributed by atoms with Crippen LogP contribution in [-0.4, -0.2) is 25.8 Å². The van der Waals surface area contributed by atoms with Gasteiger partial charge in [0.25, 0.3) is 0 Å². The summed E-state index contributed by atoms with van der Waals surface area (Å²) in [6.07, 6.45) is 7.68. The van der Waals surface area contributed by atoms with Gasteiger partial charge in [0.1, 0.15) is 6.10 Å². The first-order valence-electron chi connectivity index (χ1n) is 8.50. The van der Waals surface area contributed by atoms with Gasteiger partial charge in [-0.1, -0.05) is 51.7 Å². The molecule has 0 heterocycles. The van der Waals surface area contributed by atoms with Crippen LogP contribution in [0.15, 0.2) is 24.3 Å². The molecule has 0 aromatic heterocycles. The van der Waals surface area contributed by atoms with Gasteiger partial charge in [-0.2, -0.15) is 0 Å². The lowest BCUT2D eigenvalue weighted by atomic mass is 10.1. The Balaban J connectivity index is 2.48. The van der Waals surface area contributed by atoms with Crippen molar-refractivity contribution >= 4 is 5.97 Å². The van der Waals surface area contributed by atoms with Gasteiger partial charge in [-0.3, -0.25) is 0 Å². The predicted molar refractivity (Wildman–Crippen MR) is 90.3 cm³/mol. The van der Waals surface area contributed by atoms with E-state index in [4.69, 9.17) is 9.47 Å². The maximum absolute atomic E-state index is 12.3. The highest BCUT2D eigenvalue weighted by atomic mass is 16.6. The normalized spacial score (nSPS) is 12.1. The largest absolute Gasteiger partial charge is 0.456 e. The van der Waals surface area contributed by atoms with Gasteiger partial charge < -0.3 is 9.47 Å². The monoisotopic (exact) mass is 306 g/mol. The molecule has 0 spiro atoms. The second-order valence-electron chi connectivity index (χ2n) is 5.74. The molecule has 0 aliphatic rings. The predicted octanol–water partition coefficient (Wildman–Crippen LogP) is 4.78. The summed E-state index contributed by atoms with van der Waals surface area (Å²) in [6, 6.07) is 7.66. The van der Waals surface area contributed by atoms with E-state index in [0.29, 0.717) is 12.2 Å². The molecular formula is C19H30O3. The fourth-order valence-electron chi connectivity index (χ4n) is 2.48. The highest BCUT2D eigenvalue weighted by molar-refractivity contribution is 5.89. The molecule has 1 aromatic rings. The van der Waals surface area contributed by atoms with E-state index in [1.807, 2.05) is 24.3 Å². The molecule has 0 radical (unpaired) electrons. The van der Waals surface area contributed by atoms with Gasteiger partial charge >= 0.3 is 5.97 Å². The van der Waals surface area contributed by atoms with Crippen molar-refractivity contribution in [3.05, 3.63) is 35.4 Å². The number of ether oxygens (including phenoxy) is 2. The number of methoxy groups -OCH3 is 1. The minimum atomic E-state index is -0.245. The fraction of sp³-hybridized carbons (Fsp3) is 0.632. The van der Waals surface area contributed by atoms with Crippen LogP contribution in [0.5, 0.6) is 0 Å². The van der Waals surface area contributed by atoms with Gasteiger partial charge in [-0.15, -0.1) is 0 Å². The van der Waals surface area contributed by atoms with Gasteiger partial charge in [-0.25, -0.2) is 4.79 Å². The van der Waals surface area contributed by atoms with E-state index in [-0.39, 0.29) is 12.1 Å². The molecule has 0 saturated carbocycles. The first-order chi connectivity index (χ1) is 10.7.